The number of hydrogen-bond donors (Lipinski definition) is 0. The third kappa shape index (κ3) is 4.28. The average molecular weight is 339 g/mol. The summed E-state index contributed by atoms with van der Waals surface area (Å²) in [5, 5.41) is -0.141. The van der Waals surface area contributed by atoms with E-state index in [1.807, 2.05) is 0 Å². The second-order valence-corrected chi connectivity index (χ2v) is 4.93. The van der Waals surface area contributed by atoms with Crippen molar-refractivity contribution < 1.29 is 17.6 Å². The molecule has 0 spiro atoms. The Balaban J connectivity index is 2.31. The van der Waals surface area contributed by atoms with Gasteiger partial charge in [0.15, 0.2) is 0 Å². The molecule has 8 heteroatoms. The van der Waals surface area contributed by atoms with Crippen LogP contribution in [0.5, 0.6) is 0 Å². The van der Waals surface area contributed by atoms with Crippen molar-refractivity contribution in [3.8, 4) is 11.1 Å². The van der Waals surface area contributed by atoms with Crippen LogP contribution in [0.4, 0.5) is 17.6 Å². The maximum atomic E-state index is 12.9. The first kappa shape index (κ1) is 16.0. The summed E-state index contributed by atoms with van der Waals surface area (Å²) in [4.78, 5) is 7.62. The summed E-state index contributed by atoms with van der Waals surface area (Å²) in [7, 11) is 0. The summed E-state index contributed by atoms with van der Waals surface area (Å²) in [5.41, 5.74) is 0.739. The molecule has 0 fully saturated rings. The van der Waals surface area contributed by atoms with Crippen molar-refractivity contribution in [1.82, 2.24) is 9.97 Å². The van der Waals surface area contributed by atoms with Gasteiger partial charge in [0.2, 0.25) is 0 Å². The highest BCUT2D eigenvalue weighted by molar-refractivity contribution is 6.37. The Morgan fingerprint density at radius 3 is 1.95 bits per heavy atom. The van der Waals surface area contributed by atoms with E-state index >= 15 is 0 Å². The Bertz CT molecular complexity index is 619. The molecule has 0 aliphatic heterocycles. The van der Waals surface area contributed by atoms with Crippen molar-refractivity contribution in [2.75, 3.05) is 0 Å². The van der Waals surface area contributed by atoms with Gasteiger partial charge >= 0.3 is 6.18 Å². The van der Waals surface area contributed by atoms with Crippen LogP contribution in [0.2, 0.25) is 10.3 Å². The molecule has 0 amide bonds. The molecule has 1 aromatic carbocycles. The minimum atomic E-state index is -4.31. The predicted octanol–water partition coefficient (Wildman–Crippen LogP) is 5.08. The fourth-order valence-corrected chi connectivity index (χ4v) is 2.31. The van der Waals surface area contributed by atoms with E-state index in [9.17, 15) is 17.6 Å². The lowest BCUT2D eigenvalue weighted by molar-refractivity contribution is -0.134. The number of benzene rings is 1. The molecule has 0 unspecified atom stereocenters. The lowest BCUT2D eigenvalue weighted by Gasteiger charge is -2.09. The molecule has 0 N–H and O–H groups in total. The Morgan fingerprint density at radius 2 is 1.48 bits per heavy atom. The van der Waals surface area contributed by atoms with Crippen LogP contribution in [0.15, 0.2) is 24.3 Å². The Hall–Kier alpha value is -1.40. The molecular weight excluding hydrogens is 331 g/mol. The van der Waals surface area contributed by atoms with Gasteiger partial charge in [0, 0.05) is 6.42 Å². The maximum Gasteiger partial charge on any atom is 0.389 e. The second kappa shape index (κ2) is 6.15. The quantitative estimate of drug-likeness (QED) is 0.575. The fraction of sp³-hybridized carbons (Fsp3) is 0.231. The second-order valence-electron chi connectivity index (χ2n) is 4.22. The number of aryl methyl sites for hydroxylation is 1. The smallest absolute Gasteiger partial charge is 0.220 e. The molecule has 21 heavy (non-hydrogen) atoms. The number of rotatable bonds is 3. The number of hydrogen-bond acceptors (Lipinski definition) is 2. The van der Waals surface area contributed by atoms with Crippen LogP contribution < -0.4 is 0 Å². The zero-order valence-electron chi connectivity index (χ0n) is 10.4. The number of aromatic nitrogens is 2. The molecular formula is C13H8Cl2F4N2. The van der Waals surface area contributed by atoms with Gasteiger partial charge in [-0.25, -0.2) is 14.4 Å². The van der Waals surface area contributed by atoms with Gasteiger partial charge < -0.3 is 0 Å². The van der Waals surface area contributed by atoms with Gasteiger partial charge in [-0.3, -0.25) is 0 Å². The monoisotopic (exact) mass is 338 g/mol. The van der Waals surface area contributed by atoms with E-state index in [0.717, 1.165) is 0 Å². The lowest BCUT2D eigenvalue weighted by atomic mass is 10.1. The summed E-state index contributed by atoms with van der Waals surface area (Å²) in [6, 6.07) is 5.28. The molecule has 0 radical (unpaired) electrons. The van der Waals surface area contributed by atoms with E-state index in [1.54, 1.807) is 0 Å². The van der Waals surface area contributed by atoms with E-state index in [-0.39, 0.29) is 21.7 Å². The van der Waals surface area contributed by atoms with Crippen molar-refractivity contribution in [1.29, 1.82) is 0 Å². The van der Waals surface area contributed by atoms with Gasteiger partial charge in [0.1, 0.15) is 21.9 Å². The number of nitrogens with zero attached hydrogens (tertiary/aromatic N) is 2. The topological polar surface area (TPSA) is 25.8 Å². The first-order valence-electron chi connectivity index (χ1n) is 5.81. The van der Waals surface area contributed by atoms with Gasteiger partial charge in [0.25, 0.3) is 0 Å². The largest absolute Gasteiger partial charge is 0.389 e. The first-order valence-corrected chi connectivity index (χ1v) is 6.56. The van der Waals surface area contributed by atoms with Crippen LogP contribution in [0.1, 0.15) is 12.2 Å². The normalized spacial score (nSPS) is 11.7. The molecule has 0 atom stereocenters. The van der Waals surface area contributed by atoms with Crippen LogP contribution in [-0.4, -0.2) is 16.1 Å². The molecule has 0 saturated heterocycles. The summed E-state index contributed by atoms with van der Waals surface area (Å²) in [5.74, 6) is -0.526. The Labute approximate surface area is 127 Å². The van der Waals surface area contributed by atoms with E-state index in [0.29, 0.717) is 5.56 Å². The highest BCUT2D eigenvalue weighted by Crippen LogP contribution is 2.33. The molecule has 2 aromatic rings. The maximum absolute atomic E-state index is 12.9. The molecule has 1 aromatic heterocycles. The molecule has 0 aliphatic carbocycles. The van der Waals surface area contributed by atoms with Crippen LogP contribution in [0, 0.1) is 5.82 Å². The molecule has 0 bridgehead atoms. The zero-order valence-corrected chi connectivity index (χ0v) is 11.9. The van der Waals surface area contributed by atoms with Crippen molar-refractivity contribution in [3.05, 3.63) is 46.2 Å². The van der Waals surface area contributed by atoms with Crippen LogP contribution >= 0.6 is 23.2 Å². The van der Waals surface area contributed by atoms with Crippen LogP contribution in [-0.2, 0) is 6.42 Å². The summed E-state index contributed by atoms with van der Waals surface area (Å²) in [6.07, 6.45) is -5.78. The molecule has 112 valence electrons. The van der Waals surface area contributed by atoms with E-state index in [2.05, 4.69) is 9.97 Å². The molecule has 0 aliphatic rings. The summed E-state index contributed by atoms with van der Waals surface area (Å²) >= 11 is 11.9. The number of halogens is 6. The van der Waals surface area contributed by atoms with Gasteiger partial charge in [0.05, 0.1) is 12.0 Å². The summed E-state index contributed by atoms with van der Waals surface area (Å²) < 4.78 is 49.4. The predicted molar refractivity (Wildman–Crippen MR) is 71.8 cm³/mol. The lowest BCUT2D eigenvalue weighted by Crippen LogP contribution is -2.10. The molecule has 2 nitrogen and oxygen atoms in total. The SMILES string of the molecule is Fc1ccc(-c2c(Cl)nc(CCC(F)(F)F)nc2Cl)cc1. The van der Waals surface area contributed by atoms with E-state index in [4.69, 9.17) is 23.2 Å². The molecule has 0 saturated carbocycles. The van der Waals surface area contributed by atoms with Gasteiger partial charge in [-0.05, 0) is 17.7 Å². The average Bonchev–Trinajstić information content (AvgIpc) is 2.37. The third-order valence-electron chi connectivity index (χ3n) is 2.63. The first-order chi connectivity index (χ1) is 9.76. The van der Waals surface area contributed by atoms with Crippen molar-refractivity contribution in [2.45, 2.75) is 19.0 Å². The van der Waals surface area contributed by atoms with Crippen molar-refractivity contribution in [3.63, 3.8) is 0 Å². The summed E-state index contributed by atoms with van der Waals surface area (Å²) in [6.45, 7) is 0. The van der Waals surface area contributed by atoms with Gasteiger partial charge in [-0.2, -0.15) is 13.2 Å². The van der Waals surface area contributed by atoms with Gasteiger partial charge in [-0.1, -0.05) is 35.3 Å². The molecule has 2 rings (SSSR count). The van der Waals surface area contributed by atoms with Crippen molar-refractivity contribution in [2.24, 2.45) is 0 Å². The van der Waals surface area contributed by atoms with Crippen LogP contribution in [0.25, 0.3) is 11.1 Å². The third-order valence-corrected chi connectivity index (χ3v) is 3.18. The Kier molecular flexibility index (Phi) is 4.68. The minimum absolute atomic E-state index is 0.0706. The zero-order chi connectivity index (χ0) is 15.6. The fourth-order valence-electron chi connectivity index (χ4n) is 1.67. The highest BCUT2D eigenvalue weighted by Gasteiger charge is 2.27. The number of alkyl halides is 3. The van der Waals surface area contributed by atoms with Crippen LogP contribution in [0.3, 0.4) is 0 Å². The highest BCUT2D eigenvalue weighted by atomic mass is 35.5. The molecule has 1 heterocycles. The van der Waals surface area contributed by atoms with Crippen molar-refractivity contribution >= 4 is 23.2 Å². The van der Waals surface area contributed by atoms with Gasteiger partial charge in [-0.15, -0.1) is 0 Å². The minimum Gasteiger partial charge on any atom is -0.220 e. The van der Waals surface area contributed by atoms with E-state index in [1.165, 1.54) is 24.3 Å². The van der Waals surface area contributed by atoms with E-state index < -0.39 is 24.8 Å². The Morgan fingerprint density at radius 1 is 0.952 bits per heavy atom. The standard InChI is InChI=1S/C13H8Cl2F4N2/c14-11-10(7-1-3-8(16)4-2-7)12(15)21-9(20-11)5-6-13(17,18)19/h1-4H,5-6H2.